The molecule has 0 aliphatic carbocycles. The second-order valence-corrected chi connectivity index (χ2v) is 5.67. The van der Waals surface area contributed by atoms with Crippen molar-refractivity contribution in [2.24, 2.45) is 0 Å². The number of halogens is 1. The Balaban J connectivity index is 1.86. The van der Waals surface area contributed by atoms with Crippen molar-refractivity contribution in [3.63, 3.8) is 0 Å². The molecule has 1 atom stereocenters. The van der Waals surface area contributed by atoms with Gasteiger partial charge in [-0.3, -0.25) is 4.79 Å². The Labute approximate surface area is 141 Å². The third kappa shape index (κ3) is 4.89. The van der Waals surface area contributed by atoms with Gasteiger partial charge in [-0.15, -0.1) is 0 Å². The van der Waals surface area contributed by atoms with Crippen LogP contribution in [-0.4, -0.2) is 19.6 Å². The lowest BCUT2D eigenvalue weighted by Crippen LogP contribution is -2.31. The molecule has 23 heavy (non-hydrogen) atoms. The highest BCUT2D eigenvalue weighted by Crippen LogP contribution is 2.21. The van der Waals surface area contributed by atoms with E-state index in [-0.39, 0.29) is 18.6 Å². The van der Waals surface area contributed by atoms with Crippen molar-refractivity contribution in [3.05, 3.63) is 58.6 Å². The van der Waals surface area contributed by atoms with Gasteiger partial charge >= 0.3 is 0 Å². The maximum Gasteiger partial charge on any atom is 0.258 e. The highest BCUT2D eigenvalue weighted by atomic mass is 35.5. The molecule has 2 rings (SSSR count). The van der Waals surface area contributed by atoms with Gasteiger partial charge in [0.05, 0.1) is 13.2 Å². The third-order valence-corrected chi connectivity index (χ3v) is 3.92. The minimum Gasteiger partial charge on any atom is -0.497 e. The largest absolute Gasteiger partial charge is 0.497 e. The summed E-state index contributed by atoms with van der Waals surface area (Å²) in [6.45, 7) is 3.77. The number of hydrogen-bond donors (Lipinski definition) is 1. The molecule has 2 aromatic carbocycles. The fraction of sp³-hybridized carbons (Fsp3) is 0.278. The molecule has 0 radical (unpaired) electrons. The molecular weight excluding hydrogens is 314 g/mol. The SMILES string of the molecule is COc1ccc(C(C)NC(=O)COc2ccc(Cl)c(C)c2)cc1. The molecule has 0 fully saturated rings. The van der Waals surface area contributed by atoms with Crippen LogP contribution in [0, 0.1) is 6.92 Å². The lowest BCUT2D eigenvalue weighted by atomic mass is 10.1. The van der Waals surface area contributed by atoms with Crippen LogP contribution in [0.5, 0.6) is 11.5 Å². The summed E-state index contributed by atoms with van der Waals surface area (Å²) in [5, 5.41) is 3.57. The molecule has 122 valence electrons. The van der Waals surface area contributed by atoms with E-state index < -0.39 is 0 Å². The molecule has 1 N–H and O–H groups in total. The average Bonchev–Trinajstić information content (AvgIpc) is 2.56. The third-order valence-electron chi connectivity index (χ3n) is 3.49. The fourth-order valence-electron chi connectivity index (χ4n) is 2.11. The molecule has 0 spiro atoms. The molecule has 1 unspecified atom stereocenters. The van der Waals surface area contributed by atoms with Crippen molar-refractivity contribution in [3.8, 4) is 11.5 Å². The van der Waals surface area contributed by atoms with Crippen LogP contribution >= 0.6 is 11.6 Å². The predicted octanol–water partition coefficient (Wildman–Crippen LogP) is 3.91. The Morgan fingerprint density at radius 1 is 1.17 bits per heavy atom. The highest BCUT2D eigenvalue weighted by molar-refractivity contribution is 6.31. The number of aryl methyl sites for hydroxylation is 1. The summed E-state index contributed by atoms with van der Waals surface area (Å²) in [5.41, 5.74) is 1.91. The second kappa shape index (κ2) is 7.88. The van der Waals surface area contributed by atoms with Gasteiger partial charge in [-0.1, -0.05) is 23.7 Å². The zero-order chi connectivity index (χ0) is 16.8. The van der Waals surface area contributed by atoms with Gasteiger partial charge in [0.2, 0.25) is 0 Å². The Bertz CT molecular complexity index is 670. The van der Waals surface area contributed by atoms with Crippen LogP contribution in [0.4, 0.5) is 0 Å². The number of hydrogen-bond acceptors (Lipinski definition) is 3. The van der Waals surface area contributed by atoms with E-state index in [0.717, 1.165) is 16.9 Å². The molecular formula is C18H20ClNO3. The van der Waals surface area contributed by atoms with Crippen molar-refractivity contribution in [1.82, 2.24) is 5.32 Å². The first-order chi connectivity index (χ1) is 11.0. The minimum atomic E-state index is -0.180. The zero-order valence-electron chi connectivity index (χ0n) is 13.4. The van der Waals surface area contributed by atoms with Crippen molar-refractivity contribution < 1.29 is 14.3 Å². The average molecular weight is 334 g/mol. The number of methoxy groups -OCH3 is 1. The number of amides is 1. The molecule has 5 heteroatoms. The molecule has 0 heterocycles. The molecule has 4 nitrogen and oxygen atoms in total. The molecule has 0 bridgehead atoms. The first kappa shape index (κ1) is 17.2. The van der Waals surface area contributed by atoms with E-state index in [0.29, 0.717) is 10.8 Å². The molecule has 0 saturated carbocycles. The fourth-order valence-corrected chi connectivity index (χ4v) is 2.23. The van der Waals surface area contributed by atoms with E-state index in [2.05, 4.69) is 5.32 Å². The minimum absolute atomic E-state index is 0.0401. The normalized spacial score (nSPS) is 11.7. The van der Waals surface area contributed by atoms with Crippen LogP contribution in [0.1, 0.15) is 24.1 Å². The molecule has 0 aliphatic rings. The van der Waals surface area contributed by atoms with Gasteiger partial charge in [0, 0.05) is 5.02 Å². The quantitative estimate of drug-likeness (QED) is 0.871. The summed E-state index contributed by atoms with van der Waals surface area (Å²) in [6.07, 6.45) is 0. The number of carbonyl (C=O) groups excluding carboxylic acids is 1. The van der Waals surface area contributed by atoms with Crippen LogP contribution in [0.3, 0.4) is 0 Å². The first-order valence-electron chi connectivity index (χ1n) is 7.32. The lowest BCUT2D eigenvalue weighted by Gasteiger charge is -2.15. The standard InChI is InChI=1S/C18H20ClNO3/c1-12-10-16(8-9-17(12)19)23-11-18(21)20-13(2)14-4-6-15(22-3)7-5-14/h4-10,13H,11H2,1-3H3,(H,20,21). The Morgan fingerprint density at radius 3 is 2.43 bits per heavy atom. The Kier molecular flexibility index (Phi) is 5.88. The van der Waals surface area contributed by atoms with Crippen LogP contribution in [-0.2, 0) is 4.79 Å². The molecule has 0 saturated heterocycles. The van der Waals surface area contributed by atoms with Gasteiger partial charge in [-0.2, -0.15) is 0 Å². The van der Waals surface area contributed by atoms with Gasteiger partial charge in [0.1, 0.15) is 11.5 Å². The number of rotatable bonds is 6. The monoisotopic (exact) mass is 333 g/mol. The van der Waals surface area contributed by atoms with Crippen LogP contribution in [0.15, 0.2) is 42.5 Å². The van der Waals surface area contributed by atoms with Crippen LogP contribution in [0.25, 0.3) is 0 Å². The predicted molar refractivity (Wildman–Crippen MR) is 91.2 cm³/mol. The maximum absolute atomic E-state index is 12.0. The van der Waals surface area contributed by atoms with E-state index in [4.69, 9.17) is 21.1 Å². The topological polar surface area (TPSA) is 47.6 Å². The van der Waals surface area contributed by atoms with Gasteiger partial charge in [-0.05, 0) is 55.3 Å². The molecule has 0 aliphatic heterocycles. The zero-order valence-corrected chi connectivity index (χ0v) is 14.2. The van der Waals surface area contributed by atoms with Crippen molar-refractivity contribution in [2.45, 2.75) is 19.9 Å². The molecule has 0 aromatic heterocycles. The van der Waals surface area contributed by atoms with Gasteiger partial charge in [-0.25, -0.2) is 0 Å². The summed E-state index contributed by atoms with van der Waals surface area (Å²) in [7, 11) is 1.62. The number of carbonyl (C=O) groups is 1. The van der Waals surface area contributed by atoms with Crippen LogP contribution < -0.4 is 14.8 Å². The van der Waals surface area contributed by atoms with Crippen molar-refractivity contribution >= 4 is 17.5 Å². The summed E-state index contributed by atoms with van der Waals surface area (Å²) in [5.74, 6) is 1.23. The summed E-state index contributed by atoms with van der Waals surface area (Å²) in [6, 6.07) is 12.8. The molecule has 2 aromatic rings. The van der Waals surface area contributed by atoms with Gasteiger partial charge in [0.25, 0.3) is 5.91 Å². The first-order valence-corrected chi connectivity index (χ1v) is 7.69. The van der Waals surface area contributed by atoms with Gasteiger partial charge < -0.3 is 14.8 Å². The summed E-state index contributed by atoms with van der Waals surface area (Å²) >= 11 is 5.96. The van der Waals surface area contributed by atoms with Crippen molar-refractivity contribution in [1.29, 1.82) is 0 Å². The smallest absolute Gasteiger partial charge is 0.258 e. The number of benzene rings is 2. The maximum atomic E-state index is 12.0. The number of ether oxygens (including phenoxy) is 2. The number of nitrogens with one attached hydrogen (secondary N) is 1. The van der Waals surface area contributed by atoms with E-state index in [1.807, 2.05) is 44.2 Å². The van der Waals surface area contributed by atoms with E-state index in [1.54, 1.807) is 19.2 Å². The Hall–Kier alpha value is -2.20. The molecule has 1 amide bonds. The van der Waals surface area contributed by atoms with Crippen LogP contribution in [0.2, 0.25) is 5.02 Å². The Morgan fingerprint density at radius 2 is 1.83 bits per heavy atom. The lowest BCUT2D eigenvalue weighted by molar-refractivity contribution is -0.123. The summed E-state index contributed by atoms with van der Waals surface area (Å²) < 4.78 is 10.6. The highest BCUT2D eigenvalue weighted by Gasteiger charge is 2.10. The van der Waals surface area contributed by atoms with E-state index >= 15 is 0 Å². The van der Waals surface area contributed by atoms with E-state index in [1.165, 1.54) is 0 Å². The second-order valence-electron chi connectivity index (χ2n) is 5.26. The van der Waals surface area contributed by atoms with Gasteiger partial charge in [0.15, 0.2) is 6.61 Å². The van der Waals surface area contributed by atoms with E-state index in [9.17, 15) is 4.79 Å². The summed E-state index contributed by atoms with van der Waals surface area (Å²) in [4.78, 5) is 12.0. The van der Waals surface area contributed by atoms with Crippen molar-refractivity contribution in [2.75, 3.05) is 13.7 Å².